The molecule has 2 aliphatic heterocycles. The van der Waals surface area contributed by atoms with Crippen LogP contribution in [0.3, 0.4) is 0 Å². The summed E-state index contributed by atoms with van der Waals surface area (Å²) < 4.78 is 19.9. The Balaban J connectivity index is 1.05. The number of hydrogen-bond donors (Lipinski definition) is 4. The first-order valence-electron chi connectivity index (χ1n) is 17.4. The lowest BCUT2D eigenvalue weighted by Gasteiger charge is -2.37. The zero-order valence-corrected chi connectivity index (χ0v) is 30.5. The summed E-state index contributed by atoms with van der Waals surface area (Å²) >= 11 is 6.52. The van der Waals surface area contributed by atoms with Crippen LogP contribution in [0.5, 0.6) is 0 Å². The summed E-state index contributed by atoms with van der Waals surface area (Å²) in [4.78, 5) is 48.5. The van der Waals surface area contributed by atoms with Crippen molar-refractivity contribution in [2.45, 2.75) is 70.6 Å². The lowest BCUT2D eigenvalue weighted by atomic mass is 9.92. The Morgan fingerprint density at radius 1 is 1.10 bits per heavy atom. The van der Waals surface area contributed by atoms with Crippen molar-refractivity contribution in [3.8, 4) is 0 Å². The van der Waals surface area contributed by atoms with Crippen molar-refractivity contribution in [1.29, 1.82) is 0 Å². The first-order chi connectivity index (χ1) is 24.7. The molecule has 274 valence electrons. The standard InChI is InChI=1S/C36H42ClFN10O4/c1-19-18-47(12-10-26(19)40-20-6-7-22-27(15-20)46(5)44-30(22)23-8-9-29(49)42-33(23)50)34-39-17-24(37)32(43-34)41-21-14-25(38)31-28(16-21)48(35(51)45(31)4)13-11-36(2,3)52/h6-7,14-17,19,23,26,40,52H,8-13,18H2,1-5H3,(H,39,41,43)(H,42,49,50)/t19-,23?,26+/m1/s1. The number of imide groups is 1. The van der Waals surface area contributed by atoms with E-state index in [2.05, 4.69) is 37.9 Å². The van der Waals surface area contributed by atoms with Gasteiger partial charge in [-0.3, -0.25) is 28.7 Å². The summed E-state index contributed by atoms with van der Waals surface area (Å²) in [6.45, 7) is 7.05. The fourth-order valence-corrected chi connectivity index (χ4v) is 7.39. The monoisotopic (exact) mass is 732 g/mol. The molecule has 52 heavy (non-hydrogen) atoms. The highest BCUT2D eigenvalue weighted by atomic mass is 35.5. The Labute approximate surface area is 304 Å². The van der Waals surface area contributed by atoms with Crippen LogP contribution < -0.4 is 26.5 Å². The summed E-state index contributed by atoms with van der Waals surface area (Å²) in [5.74, 6) is -0.592. The van der Waals surface area contributed by atoms with Crippen molar-refractivity contribution in [1.82, 2.24) is 34.2 Å². The number of carbonyl (C=O) groups is 2. The molecule has 0 spiro atoms. The Morgan fingerprint density at radius 3 is 2.60 bits per heavy atom. The summed E-state index contributed by atoms with van der Waals surface area (Å²) in [5, 5.41) is 25.3. The molecule has 7 rings (SSSR count). The molecule has 3 atom stereocenters. The van der Waals surface area contributed by atoms with Gasteiger partial charge in [0.1, 0.15) is 10.5 Å². The molecule has 3 aromatic heterocycles. The van der Waals surface area contributed by atoms with Crippen LogP contribution in [0.15, 0.2) is 41.3 Å². The SMILES string of the molecule is C[C@@H]1CN(c2ncc(Cl)c(Nc3cc(F)c4c(c3)n(CCC(C)(C)O)c(=O)n4C)n2)CC[C@@H]1Nc1ccc2c(C3CCC(=O)NC3=O)nn(C)c2c1. The smallest absolute Gasteiger partial charge is 0.328 e. The minimum atomic E-state index is -0.998. The molecule has 2 saturated heterocycles. The fourth-order valence-electron chi connectivity index (χ4n) is 7.25. The van der Waals surface area contributed by atoms with Crippen LogP contribution >= 0.6 is 11.6 Å². The summed E-state index contributed by atoms with van der Waals surface area (Å²) in [6.07, 6.45) is 3.37. The Morgan fingerprint density at radius 2 is 1.87 bits per heavy atom. The van der Waals surface area contributed by atoms with Crippen molar-refractivity contribution in [3.05, 3.63) is 63.5 Å². The van der Waals surface area contributed by atoms with Crippen LogP contribution in [0.4, 0.5) is 27.5 Å². The first kappa shape index (κ1) is 35.4. The number of anilines is 4. The van der Waals surface area contributed by atoms with Crippen LogP contribution in [0.2, 0.25) is 5.02 Å². The van der Waals surface area contributed by atoms with E-state index in [0.717, 1.165) is 23.0 Å². The molecular formula is C36H42ClFN10O4. The number of rotatable bonds is 9. The Hall–Kier alpha value is -5.02. The van der Waals surface area contributed by atoms with Crippen molar-refractivity contribution < 1.29 is 19.1 Å². The van der Waals surface area contributed by atoms with Gasteiger partial charge in [-0.15, -0.1) is 0 Å². The molecule has 16 heteroatoms. The maximum Gasteiger partial charge on any atom is 0.328 e. The molecule has 5 heterocycles. The van der Waals surface area contributed by atoms with E-state index in [1.165, 1.54) is 28.4 Å². The number of benzene rings is 2. The van der Waals surface area contributed by atoms with Crippen LogP contribution in [0.25, 0.3) is 21.9 Å². The van der Waals surface area contributed by atoms with Gasteiger partial charge in [0.15, 0.2) is 11.6 Å². The van der Waals surface area contributed by atoms with Gasteiger partial charge in [0.2, 0.25) is 17.8 Å². The average molecular weight is 733 g/mol. The van der Waals surface area contributed by atoms with Crippen LogP contribution in [-0.4, -0.2) is 70.5 Å². The molecule has 14 nitrogen and oxygen atoms in total. The number of nitrogens with zero attached hydrogens (tertiary/aromatic N) is 7. The van der Waals surface area contributed by atoms with E-state index in [0.29, 0.717) is 61.0 Å². The first-order valence-corrected chi connectivity index (χ1v) is 17.8. The lowest BCUT2D eigenvalue weighted by molar-refractivity contribution is -0.134. The molecule has 5 aromatic rings. The van der Waals surface area contributed by atoms with Gasteiger partial charge in [0.05, 0.1) is 34.4 Å². The molecule has 0 bridgehead atoms. The van der Waals surface area contributed by atoms with Crippen molar-refractivity contribution in [2.75, 3.05) is 28.6 Å². The highest BCUT2D eigenvalue weighted by molar-refractivity contribution is 6.33. The third-order valence-corrected chi connectivity index (χ3v) is 10.4. The largest absolute Gasteiger partial charge is 0.390 e. The van der Waals surface area contributed by atoms with Gasteiger partial charge < -0.3 is 20.6 Å². The molecular weight excluding hydrogens is 691 g/mol. The molecule has 2 amide bonds. The number of imidazole rings is 1. The van der Waals surface area contributed by atoms with E-state index >= 15 is 4.39 Å². The quantitative estimate of drug-likeness (QED) is 0.158. The van der Waals surface area contributed by atoms with Crippen LogP contribution in [-0.2, 0) is 30.2 Å². The topological polar surface area (TPSA) is 164 Å². The van der Waals surface area contributed by atoms with Gasteiger partial charge in [0, 0.05) is 63.0 Å². The molecule has 2 aliphatic rings. The average Bonchev–Trinajstić information content (AvgIpc) is 3.53. The zero-order valence-electron chi connectivity index (χ0n) is 29.7. The number of amides is 2. The third kappa shape index (κ3) is 6.82. The highest BCUT2D eigenvalue weighted by Crippen LogP contribution is 2.34. The molecule has 1 unspecified atom stereocenters. The van der Waals surface area contributed by atoms with Gasteiger partial charge in [-0.2, -0.15) is 10.1 Å². The van der Waals surface area contributed by atoms with Crippen molar-refractivity contribution >= 4 is 68.5 Å². The van der Waals surface area contributed by atoms with E-state index < -0.39 is 17.3 Å². The number of carbonyl (C=O) groups excluding carboxylic acids is 2. The number of aliphatic hydroxyl groups is 1. The van der Waals surface area contributed by atoms with Gasteiger partial charge >= 0.3 is 5.69 Å². The van der Waals surface area contributed by atoms with E-state index in [1.54, 1.807) is 24.6 Å². The van der Waals surface area contributed by atoms with Gasteiger partial charge in [-0.05, 0) is 69.4 Å². The van der Waals surface area contributed by atoms with Crippen LogP contribution in [0, 0.1) is 11.7 Å². The molecule has 2 aromatic carbocycles. The number of piperidine rings is 2. The fraction of sp³-hybridized carbons (Fsp3) is 0.444. The van der Waals surface area contributed by atoms with E-state index in [1.807, 2.05) is 25.2 Å². The number of nitrogens with one attached hydrogen (secondary N) is 3. The van der Waals surface area contributed by atoms with Gasteiger partial charge in [-0.1, -0.05) is 18.5 Å². The van der Waals surface area contributed by atoms with E-state index in [4.69, 9.17) is 16.6 Å². The second-order valence-electron chi connectivity index (χ2n) is 14.6. The van der Waals surface area contributed by atoms with Crippen LogP contribution in [0.1, 0.15) is 58.1 Å². The predicted octanol–water partition coefficient (Wildman–Crippen LogP) is 4.56. The second-order valence-corrected chi connectivity index (χ2v) is 15.0. The summed E-state index contributed by atoms with van der Waals surface area (Å²) in [7, 11) is 3.38. The van der Waals surface area contributed by atoms with Crippen molar-refractivity contribution in [2.24, 2.45) is 20.0 Å². The molecule has 0 aliphatic carbocycles. The third-order valence-electron chi connectivity index (χ3n) is 10.1. The number of hydrogen-bond acceptors (Lipinski definition) is 10. The summed E-state index contributed by atoms with van der Waals surface area (Å²) in [5.41, 5.74) is 2.08. The maximum absolute atomic E-state index is 15.4. The Kier molecular flexibility index (Phi) is 9.19. The van der Waals surface area contributed by atoms with Gasteiger partial charge in [0.25, 0.3) is 0 Å². The lowest BCUT2D eigenvalue weighted by Crippen LogP contribution is -2.46. The number of aryl methyl sites for hydroxylation is 3. The molecule has 0 radical (unpaired) electrons. The highest BCUT2D eigenvalue weighted by Gasteiger charge is 2.32. The summed E-state index contributed by atoms with van der Waals surface area (Å²) in [6, 6.07) is 9.17. The van der Waals surface area contributed by atoms with Gasteiger partial charge in [-0.25, -0.2) is 14.2 Å². The normalized spacial score (nSPS) is 19.8. The molecule has 0 saturated carbocycles. The molecule has 2 fully saturated rings. The van der Waals surface area contributed by atoms with Crippen molar-refractivity contribution in [3.63, 3.8) is 0 Å². The number of halogens is 2. The number of aromatic nitrogens is 6. The van der Waals surface area contributed by atoms with E-state index in [-0.39, 0.29) is 46.5 Å². The molecule has 4 N–H and O–H groups in total. The Bertz CT molecular complexity index is 2280. The minimum Gasteiger partial charge on any atom is -0.390 e. The van der Waals surface area contributed by atoms with E-state index in [9.17, 15) is 19.5 Å². The number of fused-ring (bicyclic) bond motifs is 2. The maximum atomic E-state index is 15.4. The second kappa shape index (κ2) is 13.5. The zero-order chi connectivity index (χ0) is 37.1. The minimum absolute atomic E-state index is 0.163. The predicted molar refractivity (Wildman–Crippen MR) is 198 cm³/mol.